The first kappa shape index (κ1) is 16.8. The minimum absolute atomic E-state index is 0.0793. The number of ether oxygens (including phenoxy) is 1. The molecule has 0 fully saturated rings. The Morgan fingerprint density at radius 1 is 1.30 bits per heavy atom. The summed E-state index contributed by atoms with van der Waals surface area (Å²) in [6, 6.07) is 3.72. The lowest BCUT2D eigenvalue weighted by Crippen LogP contribution is -2.10. The summed E-state index contributed by atoms with van der Waals surface area (Å²) in [7, 11) is 0. The fourth-order valence-electron chi connectivity index (χ4n) is 1.96. The van der Waals surface area contributed by atoms with Gasteiger partial charge in [0.05, 0.1) is 6.61 Å². The summed E-state index contributed by atoms with van der Waals surface area (Å²) in [5.41, 5.74) is 1.92. The molecule has 0 atom stereocenters. The van der Waals surface area contributed by atoms with Crippen LogP contribution in [0.2, 0.25) is 5.02 Å². The largest absolute Gasteiger partial charge is 0.493 e. The molecule has 0 amide bonds. The second-order valence-electron chi connectivity index (χ2n) is 5.74. The van der Waals surface area contributed by atoms with Crippen molar-refractivity contribution in [1.82, 2.24) is 0 Å². The molecular formula is C16H23ClO3. The maximum absolute atomic E-state index is 10.8. The molecule has 1 aromatic rings. The Morgan fingerprint density at radius 2 is 1.95 bits per heavy atom. The van der Waals surface area contributed by atoms with Crippen molar-refractivity contribution >= 4 is 17.6 Å². The lowest BCUT2D eigenvalue weighted by molar-refractivity contribution is -0.136. The number of carboxylic acids is 1. The van der Waals surface area contributed by atoms with Crippen LogP contribution in [0, 0.1) is 5.92 Å². The van der Waals surface area contributed by atoms with Gasteiger partial charge in [-0.2, -0.15) is 0 Å². The third-order valence-electron chi connectivity index (χ3n) is 2.95. The van der Waals surface area contributed by atoms with Crippen molar-refractivity contribution < 1.29 is 14.6 Å². The van der Waals surface area contributed by atoms with Crippen LogP contribution in [0.5, 0.6) is 5.75 Å². The van der Waals surface area contributed by atoms with Gasteiger partial charge in [0.1, 0.15) is 5.75 Å². The fraction of sp³-hybridized carbons (Fsp3) is 0.562. The lowest BCUT2D eigenvalue weighted by atomic mass is 9.97. The third kappa shape index (κ3) is 5.04. The molecule has 1 aromatic carbocycles. The van der Waals surface area contributed by atoms with E-state index in [1.807, 2.05) is 12.1 Å². The number of aryl methyl sites for hydroxylation is 1. The van der Waals surface area contributed by atoms with Gasteiger partial charge in [0, 0.05) is 11.4 Å². The highest BCUT2D eigenvalue weighted by molar-refractivity contribution is 6.30. The van der Waals surface area contributed by atoms with Crippen molar-refractivity contribution in [3.63, 3.8) is 0 Å². The van der Waals surface area contributed by atoms with Crippen molar-refractivity contribution in [2.45, 2.75) is 46.5 Å². The lowest BCUT2D eigenvalue weighted by Gasteiger charge is -2.19. The second-order valence-corrected chi connectivity index (χ2v) is 6.17. The molecule has 1 N–H and O–H groups in total. The van der Waals surface area contributed by atoms with Crippen molar-refractivity contribution in [1.29, 1.82) is 0 Å². The predicted molar refractivity (Wildman–Crippen MR) is 81.8 cm³/mol. The topological polar surface area (TPSA) is 46.5 Å². The standard InChI is InChI=1S/C16H23ClO3/c1-10(2)9-20-16-12(5-6-15(18)19)7-13(17)8-14(16)11(3)4/h7-8,10-11H,5-6,9H2,1-4H3,(H,18,19). The number of rotatable bonds is 7. The average Bonchev–Trinajstić information content (AvgIpc) is 2.33. The summed E-state index contributed by atoms with van der Waals surface area (Å²) in [5.74, 6) is 0.683. The molecular weight excluding hydrogens is 276 g/mol. The quantitative estimate of drug-likeness (QED) is 0.805. The zero-order valence-corrected chi connectivity index (χ0v) is 13.3. The summed E-state index contributed by atoms with van der Waals surface area (Å²) in [6.45, 7) is 8.94. The zero-order valence-electron chi connectivity index (χ0n) is 12.6. The van der Waals surface area contributed by atoms with Crippen LogP contribution in [0.1, 0.15) is 51.2 Å². The Kier molecular flexibility index (Phi) is 6.34. The molecule has 0 aliphatic rings. The molecule has 0 aliphatic heterocycles. The Bertz CT molecular complexity index is 467. The summed E-state index contributed by atoms with van der Waals surface area (Å²) in [5, 5.41) is 9.49. The van der Waals surface area contributed by atoms with Gasteiger partial charge in [-0.3, -0.25) is 4.79 Å². The summed E-state index contributed by atoms with van der Waals surface area (Å²) < 4.78 is 5.93. The van der Waals surface area contributed by atoms with Gasteiger partial charge in [0.25, 0.3) is 0 Å². The third-order valence-corrected chi connectivity index (χ3v) is 3.17. The Labute approximate surface area is 125 Å². The number of hydrogen-bond acceptors (Lipinski definition) is 2. The molecule has 0 unspecified atom stereocenters. The van der Waals surface area contributed by atoms with E-state index < -0.39 is 5.97 Å². The number of hydrogen-bond donors (Lipinski definition) is 1. The minimum Gasteiger partial charge on any atom is -0.493 e. The number of carboxylic acid groups (broad SMARTS) is 1. The molecule has 0 aliphatic carbocycles. The summed E-state index contributed by atoms with van der Waals surface area (Å²) in [6.07, 6.45) is 0.513. The molecule has 0 radical (unpaired) electrons. The monoisotopic (exact) mass is 298 g/mol. The molecule has 0 spiro atoms. The molecule has 0 heterocycles. The molecule has 112 valence electrons. The molecule has 20 heavy (non-hydrogen) atoms. The molecule has 0 saturated carbocycles. The molecule has 0 bridgehead atoms. The zero-order chi connectivity index (χ0) is 15.3. The van der Waals surface area contributed by atoms with E-state index in [9.17, 15) is 4.79 Å². The molecule has 1 rings (SSSR count). The SMILES string of the molecule is CC(C)COc1c(CCC(=O)O)cc(Cl)cc1C(C)C. The molecule has 3 nitrogen and oxygen atoms in total. The predicted octanol–water partition coefficient (Wildman–Crippen LogP) is 4.52. The van der Waals surface area contributed by atoms with E-state index in [1.54, 1.807) is 0 Å². The van der Waals surface area contributed by atoms with E-state index in [-0.39, 0.29) is 12.3 Å². The average molecular weight is 299 g/mol. The van der Waals surface area contributed by atoms with Crippen LogP contribution in [-0.4, -0.2) is 17.7 Å². The highest BCUT2D eigenvalue weighted by atomic mass is 35.5. The maximum atomic E-state index is 10.8. The van der Waals surface area contributed by atoms with Crippen molar-refractivity contribution in [2.24, 2.45) is 5.92 Å². The van der Waals surface area contributed by atoms with Gasteiger partial charge in [-0.25, -0.2) is 0 Å². The van der Waals surface area contributed by atoms with Crippen LogP contribution in [-0.2, 0) is 11.2 Å². The van der Waals surface area contributed by atoms with Gasteiger partial charge in [-0.1, -0.05) is 39.3 Å². The summed E-state index contributed by atoms with van der Waals surface area (Å²) >= 11 is 6.14. The highest BCUT2D eigenvalue weighted by Gasteiger charge is 2.16. The molecule has 0 aromatic heterocycles. The van der Waals surface area contributed by atoms with E-state index in [1.165, 1.54) is 0 Å². The van der Waals surface area contributed by atoms with Gasteiger partial charge >= 0.3 is 5.97 Å². The van der Waals surface area contributed by atoms with Crippen LogP contribution < -0.4 is 4.74 Å². The van der Waals surface area contributed by atoms with Crippen LogP contribution in [0.4, 0.5) is 0 Å². The smallest absolute Gasteiger partial charge is 0.303 e. The number of aliphatic carboxylic acids is 1. The fourth-order valence-corrected chi connectivity index (χ4v) is 2.20. The molecule has 0 saturated heterocycles. The van der Waals surface area contributed by atoms with Crippen LogP contribution in [0.15, 0.2) is 12.1 Å². The number of carbonyl (C=O) groups is 1. The van der Waals surface area contributed by atoms with Gasteiger partial charge in [-0.15, -0.1) is 0 Å². The van der Waals surface area contributed by atoms with E-state index in [0.29, 0.717) is 24.0 Å². The van der Waals surface area contributed by atoms with E-state index in [4.69, 9.17) is 21.4 Å². The van der Waals surface area contributed by atoms with Crippen LogP contribution in [0.25, 0.3) is 0 Å². The first-order chi connectivity index (χ1) is 9.31. The van der Waals surface area contributed by atoms with Crippen molar-refractivity contribution in [3.8, 4) is 5.75 Å². The number of halogens is 1. The van der Waals surface area contributed by atoms with Crippen LogP contribution in [0.3, 0.4) is 0 Å². The minimum atomic E-state index is -0.814. The first-order valence-electron chi connectivity index (χ1n) is 6.98. The summed E-state index contributed by atoms with van der Waals surface area (Å²) in [4.78, 5) is 10.8. The van der Waals surface area contributed by atoms with E-state index in [2.05, 4.69) is 27.7 Å². The second kappa shape index (κ2) is 7.53. The van der Waals surface area contributed by atoms with E-state index in [0.717, 1.165) is 16.9 Å². The number of benzene rings is 1. The normalized spacial score (nSPS) is 11.2. The van der Waals surface area contributed by atoms with Gasteiger partial charge in [0.2, 0.25) is 0 Å². The Balaban J connectivity index is 3.12. The van der Waals surface area contributed by atoms with Crippen LogP contribution >= 0.6 is 11.6 Å². The Morgan fingerprint density at radius 3 is 2.45 bits per heavy atom. The highest BCUT2D eigenvalue weighted by Crippen LogP contribution is 2.34. The maximum Gasteiger partial charge on any atom is 0.303 e. The van der Waals surface area contributed by atoms with Crippen molar-refractivity contribution in [3.05, 3.63) is 28.3 Å². The Hall–Kier alpha value is -1.22. The van der Waals surface area contributed by atoms with Gasteiger partial charge in [-0.05, 0) is 41.5 Å². The van der Waals surface area contributed by atoms with Gasteiger partial charge < -0.3 is 9.84 Å². The van der Waals surface area contributed by atoms with E-state index >= 15 is 0 Å². The van der Waals surface area contributed by atoms with Crippen molar-refractivity contribution in [2.75, 3.05) is 6.61 Å². The molecule has 4 heteroatoms. The van der Waals surface area contributed by atoms with Gasteiger partial charge in [0.15, 0.2) is 0 Å². The first-order valence-corrected chi connectivity index (χ1v) is 7.36.